The number of carbonyl (C=O) groups excluding carboxylic acids is 2. The van der Waals surface area contributed by atoms with Gasteiger partial charge in [0.25, 0.3) is 0 Å². The highest BCUT2D eigenvalue weighted by Crippen LogP contribution is 2.39. The molecule has 166 valence electrons. The lowest BCUT2D eigenvalue weighted by Crippen LogP contribution is -2.44. The van der Waals surface area contributed by atoms with Gasteiger partial charge in [0.15, 0.2) is 0 Å². The second-order valence-electron chi connectivity index (χ2n) is 7.77. The number of benzene rings is 2. The fraction of sp³-hybridized carbons (Fsp3) is 0.304. The first kappa shape index (κ1) is 21.4. The van der Waals surface area contributed by atoms with Crippen LogP contribution in [0.25, 0.3) is 5.69 Å². The molecule has 4 rings (SSSR count). The van der Waals surface area contributed by atoms with Gasteiger partial charge in [-0.1, -0.05) is 30.3 Å². The number of rotatable bonds is 6. The number of anilines is 2. The number of primary amides is 1. The minimum Gasteiger partial charge on any atom is -0.443 e. The van der Waals surface area contributed by atoms with Crippen LogP contribution in [0.4, 0.5) is 16.2 Å². The van der Waals surface area contributed by atoms with Crippen molar-refractivity contribution in [2.24, 2.45) is 5.73 Å². The molecule has 0 radical (unpaired) electrons. The van der Waals surface area contributed by atoms with E-state index in [0.717, 1.165) is 29.0 Å². The first-order valence-corrected chi connectivity index (χ1v) is 10.6. The molecule has 9 heteroatoms. The summed E-state index contributed by atoms with van der Waals surface area (Å²) in [5.74, 6) is 0.140. The summed E-state index contributed by atoms with van der Waals surface area (Å²) in [6.45, 7) is 3.96. The topological polar surface area (TPSA) is 115 Å². The molecule has 3 N–H and O–H groups in total. The lowest BCUT2D eigenvalue weighted by Gasteiger charge is -2.40. The van der Waals surface area contributed by atoms with E-state index in [1.54, 1.807) is 10.9 Å². The van der Waals surface area contributed by atoms with Crippen molar-refractivity contribution in [2.75, 3.05) is 10.2 Å². The molecule has 0 spiro atoms. The molecule has 0 saturated carbocycles. The van der Waals surface area contributed by atoms with Crippen LogP contribution in [-0.2, 0) is 16.1 Å². The van der Waals surface area contributed by atoms with Crippen LogP contribution in [0.5, 0.6) is 0 Å². The molecule has 0 saturated heterocycles. The minimum atomic E-state index is -0.851. The summed E-state index contributed by atoms with van der Waals surface area (Å²) < 4.78 is 6.34. The third kappa shape index (κ3) is 4.41. The first-order valence-electron chi connectivity index (χ1n) is 10.6. The number of hydrogen-bond acceptors (Lipinski definition) is 6. The summed E-state index contributed by atoms with van der Waals surface area (Å²) in [6, 6.07) is 16.1. The van der Waals surface area contributed by atoms with Gasteiger partial charge in [0.1, 0.15) is 12.3 Å². The highest BCUT2D eigenvalue weighted by molar-refractivity contribution is 5.95. The number of amides is 2. The molecular formula is C23H26N6O3. The van der Waals surface area contributed by atoms with Crippen LogP contribution in [-0.4, -0.2) is 33.0 Å². The maximum atomic E-state index is 12.5. The Morgan fingerprint density at radius 1 is 1.19 bits per heavy atom. The number of carbonyl (C=O) groups is 2. The van der Waals surface area contributed by atoms with Crippen LogP contribution >= 0.6 is 0 Å². The van der Waals surface area contributed by atoms with Gasteiger partial charge in [0.05, 0.1) is 17.9 Å². The summed E-state index contributed by atoms with van der Waals surface area (Å²) in [7, 11) is 0. The molecule has 0 fully saturated rings. The number of aromatic nitrogens is 3. The van der Waals surface area contributed by atoms with E-state index in [4.69, 9.17) is 10.5 Å². The Morgan fingerprint density at radius 2 is 1.94 bits per heavy atom. The molecule has 0 aliphatic carbocycles. The van der Waals surface area contributed by atoms with Crippen molar-refractivity contribution in [1.82, 2.24) is 15.0 Å². The van der Waals surface area contributed by atoms with Crippen molar-refractivity contribution in [3.8, 4) is 5.69 Å². The van der Waals surface area contributed by atoms with Crippen LogP contribution in [0.3, 0.4) is 0 Å². The Morgan fingerprint density at radius 3 is 2.66 bits per heavy atom. The number of hydrogen-bond donors (Lipinski definition) is 2. The number of nitrogens with zero attached hydrogens (tertiary/aromatic N) is 4. The summed E-state index contributed by atoms with van der Waals surface area (Å²) in [5, 5.41) is 11.6. The highest BCUT2D eigenvalue weighted by atomic mass is 16.5. The predicted molar refractivity (Wildman–Crippen MR) is 120 cm³/mol. The van der Waals surface area contributed by atoms with Gasteiger partial charge in [0, 0.05) is 23.8 Å². The van der Waals surface area contributed by atoms with Crippen molar-refractivity contribution in [3.63, 3.8) is 0 Å². The van der Waals surface area contributed by atoms with Gasteiger partial charge in [-0.2, -0.15) is 0 Å². The molecule has 1 aliphatic rings. The Labute approximate surface area is 186 Å². The zero-order valence-electron chi connectivity index (χ0n) is 18.1. The minimum absolute atomic E-state index is 0.0220. The van der Waals surface area contributed by atoms with Crippen molar-refractivity contribution in [3.05, 3.63) is 66.0 Å². The Kier molecular flexibility index (Phi) is 6.07. The molecule has 1 aromatic heterocycles. The summed E-state index contributed by atoms with van der Waals surface area (Å²) >= 11 is 0. The van der Waals surface area contributed by atoms with E-state index >= 15 is 0 Å². The summed E-state index contributed by atoms with van der Waals surface area (Å²) in [4.78, 5) is 25.2. The van der Waals surface area contributed by atoms with Crippen molar-refractivity contribution >= 4 is 23.4 Å². The van der Waals surface area contributed by atoms with E-state index in [1.165, 1.54) is 0 Å². The van der Waals surface area contributed by atoms with E-state index in [-0.39, 0.29) is 24.6 Å². The molecule has 9 nitrogen and oxygen atoms in total. The second-order valence-corrected chi connectivity index (χ2v) is 7.77. The molecule has 2 aromatic carbocycles. The molecule has 3 aromatic rings. The lowest BCUT2D eigenvalue weighted by molar-refractivity contribution is -0.118. The second kappa shape index (κ2) is 9.09. The van der Waals surface area contributed by atoms with Gasteiger partial charge in [-0.05, 0) is 49.2 Å². The predicted octanol–water partition coefficient (Wildman–Crippen LogP) is 3.55. The van der Waals surface area contributed by atoms with Gasteiger partial charge in [-0.25, -0.2) is 9.48 Å². The zero-order chi connectivity index (χ0) is 22.7. The number of nitrogens with one attached hydrogen (secondary N) is 1. The van der Waals surface area contributed by atoms with Gasteiger partial charge >= 0.3 is 6.09 Å². The molecule has 2 amide bonds. The van der Waals surface area contributed by atoms with Crippen LogP contribution in [0, 0.1) is 0 Å². The van der Waals surface area contributed by atoms with E-state index < -0.39 is 6.09 Å². The highest BCUT2D eigenvalue weighted by Gasteiger charge is 2.32. The average molecular weight is 435 g/mol. The summed E-state index contributed by atoms with van der Waals surface area (Å²) in [5.41, 5.74) is 9.36. The van der Waals surface area contributed by atoms with Crippen LogP contribution in [0.15, 0.2) is 54.7 Å². The van der Waals surface area contributed by atoms with Crippen LogP contribution in [0.2, 0.25) is 0 Å². The SMILES string of the molecule is CCC(=O)N1c2ccccc2[C@H](Nc2ccc(-n3cc(COC(N)=O)nn3)cc2)C[C@@H]1C. The lowest BCUT2D eigenvalue weighted by atomic mass is 9.91. The van der Waals surface area contributed by atoms with Crippen molar-refractivity contribution < 1.29 is 14.3 Å². The normalized spacial score (nSPS) is 17.5. The molecule has 1 aliphatic heterocycles. The number of ether oxygens (including phenoxy) is 1. The summed E-state index contributed by atoms with van der Waals surface area (Å²) in [6.07, 6.45) is 2.13. The Bertz CT molecular complexity index is 1110. The third-order valence-electron chi connectivity index (χ3n) is 5.54. The van der Waals surface area contributed by atoms with E-state index in [0.29, 0.717) is 12.1 Å². The molecule has 0 unspecified atom stereocenters. The van der Waals surface area contributed by atoms with Crippen LogP contribution in [0.1, 0.15) is 44.0 Å². The monoisotopic (exact) mass is 434 g/mol. The smallest absolute Gasteiger partial charge is 0.404 e. The van der Waals surface area contributed by atoms with Crippen molar-refractivity contribution in [1.29, 1.82) is 0 Å². The Hall–Kier alpha value is -3.88. The van der Waals surface area contributed by atoms with Crippen molar-refractivity contribution in [2.45, 2.75) is 45.4 Å². The first-order chi connectivity index (χ1) is 15.5. The van der Waals surface area contributed by atoms with Gasteiger partial charge in [-0.3, -0.25) is 4.79 Å². The maximum Gasteiger partial charge on any atom is 0.404 e. The molecule has 0 bridgehead atoms. The third-order valence-corrected chi connectivity index (χ3v) is 5.54. The average Bonchev–Trinajstić information content (AvgIpc) is 3.27. The standard InChI is InChI=1S/C23H26N6O3/c1-3-22(30)29-15(2)12-20(19-6-4-5-7-21(19)29)25-16-8-10-18(11-9-16)28-13-17(26-27-28)14-32-23(24)31/h4-11,13,15,20,25H,3,12,14H2,1-2H3,(H2,24,31)/t15-,20+/m0/s1. The largest absolute Gasteiger partial charge is 0.443 e. The zero-order valence-corrected chi connectivity index (χ0v) is 18.1. The molecular weight excluding hydrogens is 408 g/mol. The molecule has 2 atom stereocenters. The van der Waals surface area contributed by atoms with E-state index in [1.807, 2.05) is 54.3 Å². The van der Waals surface area contributed by atoms with E-state index in [9.17, 15) is 9.59 Å². The van der Waals surface area contributed by atoms with Gasteiger partial charge in [-0.15, -0.1) is 5.10 Å². The molecule has 32 heavy (non-hydrogen) atoms. The molecule has 2 heterocycles. The number of fused-ring (bicyclic) bond motifs is 1. The number of nitrogens with two attached hydrogens (primary N) is 1. The van der Waals surface area contributed by atoms with E-state index in [2.05, 4.69) is 28.6 Å². The Balaban J connectivity index is 1.50. The number of para-hydroxylation sites is 1. The van der Waals surface area contributed by atoms with Crippen LogP contribution < -0.4 is 16.0 Å². The fourth-order valence-electron chi connectivity index (χ4n) is 4.05. The van der Waals surface area contributed by atoms with Gasteiger partial charge < -0.3 is 20.7 Å². The fourth-order valence-corrected chi connectivity index (χ4v) is 4.05. The maximum absolute atomic E-state index is 12.5. The van der Waals surface area contributed by atoms with Gasteiger partial charge in [0.2, 0.25) is 5.91 Å². The quantitative estimate of drug-likeness (QED) is 0.613.